The predicted octanol–water partition coefficient (Wildman–Crippen LogP) is 2.87. The van der Waals surface area contributed by atoms with Crippen LogP contribution in [0.4, 0.5) is 5.69 Å². The highest BCUT2D eigenvalue weighted by atomic mass is 35.5. The number of hydrogen-bond acceptors (Lipinski definition) is 2. The Hall–Kier alpha value is -1.55. The van der Waals surface area contributed by atoms with Gasteiger partial charge in [0.05, 0.1) is 0 Å². The number of rotatable bonds is 5. The molecule has 1 aromatic rings. The van der Waals surface area contributed by atoms with Crippen LogP contribution in [0.3, 0.4) is 0 Å². The molecule has 0 saturated heterocycles. The summed E-state index contributed by atoms with van der Waals surface area (Å²) >= 11 is 6.08. The Kier molecular flexibility index (Phi) is 6.02. The van der Waals surface area contributed by atoms with Crippen molar-refractivity contribution in [2.45, 2.75) is 27.7 Å². The van der Waals surface area contributed by atoms with Crippen LogP contribution >= 0.6 is 11.6 Å². The van der Waals surface area contributed by atoms with Crippen LogP contribution < -0.4 is 4.90 Å². The van der Waals surface area contributed by atoms with Crippen molar-refractivity contribution in [1.82, 2.24) is 4.90 Å². The summed E-state index contributed by atoms with van der Waals surface area (Å²) in [5.41, 5.74) is 1.49. The monoisotopic (exact) mass is 296 g/mol. The van der Waals surface area contributed by atoms with Gasteiger partial charge >= 0.3 is 0 Å². The third kappa shape index (κ3) is 3.73. The summed E-state index contributed by atoms with van der Waals surface area (Å²) in [6.45, 7) is 8.45. The van der Waals surface area contributed by atoms with Crippen molar-refractivity contribution in [2.24, 2.45) is 0 Å². The first kappa shape index (κ1) is 16.5. The number of likely N-dealkylation sites (N-methyl/N-ethyl adjacent to an activating group) is 1. The number of carbonyl (C=O) groups excluding carboxylic acids is 2. The molecule has 0 bridgehead atoms. The summed E-state index contributed by atoms with van der Waals surface area (Å²) < 4.78 is 0. The van der Waals surface area contributed by atoms with Gasteiger partial charge in [0.25, 0.3) is 0 Å². The van der Waals surface area contributed by atoms with Crippen LogP contribution in [0.2, 0.25) is 5.02 Å². The van der Waals surface area contributed by atoms with E-state index in [0.717, 1.165) is 5.56 Å². The average molecular weight is 297 g/mol. The fourth-order valence-electron chi connectivity index (χ4n) is 2.07. The molecule has 0 atom stereocenters. The first-order chi connectivity index (χ1) is 9.42. The van der Waals surface area contributed by atoms with Gasteiger partial charge in [0.2, 0.25) is 11.8 Å². The van der Waals surface area contributed by atoms with E-state index in [-0.39, 0.29) is 18.4 Å². The lowest BCUT2D eigenvalue weighted by molar-refractivity contribution is -0.130. The zero-order chi connectivity index (χ0) is 15.3. The molecule has 0 aromatic heterocycles. The topological polar surface area (TPSA) is 40.6 Å². The molecule has 0 unspecified atom stereocenters. The van der Waals surface area contributed by atoms with E-state index < -0.39 is 0 Å². The van der Waals surface area contributed by atoms with Gasteiger partial charge in [-0.3, -0.25) is 9.59 Å². The minimum Gasteiger partial charge on any atom is -0.342 e. The van der Waals surface area contributed by atoms with Gasteiger partial charge in [-0.15, -0.1) is 0 Å². The van der Waals surface area contributed by atoms with Crippen molar-refractivity contribution in [1.29, 1.82) is 0 Å². The molecule has 20 heavy (non-hydrogen) atoms. The first-order valence-electron chi connectivity index (χ1n) is 6.73. The van der Waals surface area contributed by atoms with E-state index in [2.05, 4.69) is 0 Å². The Morgan fingerprint density at radius 1 is 1.20 bits per heavy atom. The normalized spacial score (nSPS) is 10.2. The number of benzene rings is 1. The van der Waals surface area contributed by atoms with Crippen LogP contribution in [-0.2, 0) is 9.59 Å². The van der Waals surface area contributed by atoms with E-state index in [1.54, 1.807) is 23.1 Å². The maximum Gasteiger partial charge on any atom is 0.242 e. The molecule has 0 spiro atoms. The molecule has 110 valence electrons. The summed E-state index contributed by atoms with van der Waals surface area (Å²) in [5, 5.41) is 0.587. The van der Waals surface area contributed by atoms with Crippen LogP contribution in [0.5, 0.6) is 0 Å². The van der Waals surface area contributed by atoms with Gasteiger partial charge in [-0.05, 0) is 38.5 Å². The number of amides is 2. The smallest absolute Gasteiger partial charge is 0.242 e. The molecule has 0 saturated carbocycles. The van der Waals surface area contributed by atoms with Crippen LogP contribution in [0.25, 0.3) is 0 Å². The molecule has 1 rings (SSSR count). The van der Waals surface area contributed by atoms with Crippen molar-refractivity contribution in [3.05, 3.63) is 28.8 Å². The predicted molar refractivity (Wildman–Crippen MR) is 82.1 cm³/mol. The summed E-state index contributed by atoms with van der Waals surface area (Å²) in [6.07, 6.45) is 0. The number of hydrogen-bond donors (Lipinski definition) is 0. The fraction of sp³-hybridized carbons (Fsp3) is 0.467. The lowest BCUT2D eigenvalue weighted by Crippen LogP contribution is -2.42. The Labute approximate surface area is 125 Å². The highest BCUT2D eigenvalue weighted by Crippen LogP contribution is 2.26. The lowest BCUT2D eigenvalue weighted by atomic mass is 10.1. The van der Waals surface area contributed by atoms with Gasteiger partial charge in [0.1, 0.15) is 6.54 Å². The lowest BCUT2D eigenvalue weighted by Gasteiger charge is -2.26. The molecule has 2 amide bonds. The van der Waals surface area contributed by atoms with Crippen molar-refractivity contribution in [3.8, 4) is 0 Å². The van der Waals surface area contributed by atoms with Gasteiger partial charge in [-0.2, -0.15) is 0 Å². The van der Waals surface area contributed by atoms with Gasteiger partial charge in [0.15, 0.2) is 0 Å². The molecule has 0 radical (unpaired) electrons. The van der Waals surface area contributed by atoms with Crippen LogP contribution in [0.15, 0.2) is 18.2 Å². The van der Waals surface area contributed by atoms with Gasteiger partial charge in [0, 0.05) is 30.7 Å². The summed E-state index contributed by atoms with van der Waals surface area (Å²) in [4.78, 5) is 27.2. The van der Waals surface area contributed by atoms with Crippen molar-refractivity contribution in [3.63, 3.8) is 0 Å². The van der Waals surface area contributed by atoms with E-state index in [1.165, 1.54) is 11.8 Å². The summed E-state index contributed by atoms with van der Waals surface area (Å²) in [7, 11) is 0. The second kappa shape index (κ2) is 7.29. The molecule has 0 fully saturated rings. The van der Waals surface area contributed by atoms with Crippen molar-refractivity contribution >= 4 is 29.1 Å². The van der Waals surface area contributed by atoms with Crippen LogP contribution in [0.1, 0.15) is 26.3 Å². The maximum atomic E-state index is 12.2. The SMILES string of the molecule is CCN(CC)C(=O)CN(C(C)=O)c1cccc(Cl)c1C. The molecule has 0 aliphatic rings. The van der Waals surface area contributed by atoms with E-state index in [1.807, 2.05) is 20.8 Å². The Morgan fingerprint density at radius 2 is 1.80 bits per heavy atom. The minimum atomic E-state index is -0.170. The Bertz CT molecular complexity index is 499. The van der Waals surface area contributed by atoms with E-state index in [9.17, 15) is 9.59 Å². The third-order valence-corrected chi connectivity index (χ3v) is 3.73. The van der Waals surface area contributed by atoms with E-state index >= 15 is 0 Å². The number of nitrogens with zero attached hydrogens (tertiary/aromatic N) is 2. The molecule has 5 heteroatoms. The summed E-state index contributed by atoms with van der Waals surface area (Å²) in [5.74, 6) is -0.236. The molecular weight excluding hydrogens is 276 g/mol. The second-order valence-electron chi connectivity index (χ2n) is 4.56. The average Bonchev–Trinajstić information content (AvgIpc) is 2.40. The second-order valence-corrected chi connectivity index (χ2v) is 4.96. The zero-order valence-electron chi connectivity index (χ0n) is 12.4. The quantitative estimate of drug-likeness (QED) is 0.838. The molecule has 0 heterocycles. The molecule has 1 aromatic carbocycles. The minimum absolute atomic E-state index is 0.0399. The molecule has 4 nitrogen and oxygen atoms in total. The molecule has 0 aliphatic heterocycles. The van der Waals surface area contributed by atoms with Crippen molar-refractivity contribution < 1.29 is 9.59 Å². The van der Waals surface area contributed by atoms with Gasteiger partial charge in [-0.25, -0.2) is 0 Å². The highest BCUT2D eigenvalue weighted by Gasteiger charge is 2.20. The van der Waals surface area contributed by atoms with Gasteiger partial charge < -0.3 is 9.80 Å². The fourth-order valence-corrected chi connectivity index (χ4v) is 2.24. The largest absolute Gasteiger partial charge is 0.342 e. The Balaban J connectivity index is 3.04. The number of halogens is 1. The van der Waals surface area contributed by atoms with Crippen LogP contribution in [0, 0.1) is 6.92 Å². The third-order valence-electron chi connectivity index (χ3n) is 3.32. The number of carbonyl (C=O) groups is 2. The number of anilines is 1. The van der Waals surface area contributed by atoms with E-state index in [4.69, 9.17) is 11.6 Å². The molecule has 0 N–H and O–H groups in total. The maximum absolute atomic E-state index is 12.2. The zero-order valence-corrected chi connectivity index (χ0v) is 13.2. The highest BCUT2D eigenvalue weighted by molar-refractivity contribution is 6.31. The standard InChI is InChI=1S/C15H21ClN2O2/c1-5-17(6-2)15(20)10-18(12(4)19)14-9-7-8-13(16)11(14)3/h7-9H,5-6,10H2,1-4H3. The van der Waals surface area contributed by atoms with Crippen molar-refractivity contribution in [2.75, 3.05) is 24.5 Å². The van der Waals surface area contributed by atoms with Gasteiger partial charge in [-0.1, -0.05) is 17.7 Å². The van der Waals surface area contributed by atoms with E-state index in [0.29, 0.717) is 23.8 Å². The molecular formula is C15H21ClN2O2. The first-order valence-corrected chi connectivity index (χ1v) is 7.11. The van der Waals surface area contributed by atoms with Crippen LogP contribution in [-0.4, -0.2) is 36.3 Å². The Morgan fingerprint density at radius 3 is 2.30 bits per heavy atom. The molecule has 0 aliphatic carbocycles. The summed E-state index contributed by atoms with van der Waals surface area (Å²) in [6, 6.07) is 5.35.